The predicted molar refractivity (Wildman–Crippen MR) is 129 cm³/mol. The molecule has 10 heteroatoms. The number of halogens is 1. The molecule has 32 heavy (non-hydrogen) atoms. The lowest BCUT2D eigenvalue weighted by atomic mass is 10.2. The standard InChI is InChI=1S/C22H23BrN6O3/c1-2-32-17-11-7-15(8-12-17)9-13-19(30)26-22(29-28-21(24)25)27-20(31)14-10-16-5-3-4-6-18(16)23/h3-14H,2H2,1H3,(H4,24,25,28)(H2,26,27,29,30,31). The van der Waals surface area contributed by atoms with E-state index in [2.05, 4.69) is 36.8 Å². The molecular formula is C22H23BrN6O3. The lowest BCUT2D eigenvalue weighted by Crippen LogP contribution is -2.42. The molecule has 0 aliphatic heterocycles. The Morgan fingerprint density at radius 3 is 2.19 bits per heavy atom. The minimum Gasteiger partial charge on any atom is -0.494 e. The van der Waals surface area contributed by atoms with Gasteiger partial charge >= 0.3 is 0 Å². The molecule has 0 aliphatic carbocycles. The molecule has 0 saturated carbocycles. The summed E-state index contributed by atoms with van der Waals surface area (Å²) >= 11 is 3.40. The van der Waals surface area contributed by atoms with Gasteiger partial charge in [0.05, 0.1) is 6.61 Å². The molecule has 0 heterocycles. The van der Waals surface area contributed by atoms with E-state index in [1.54, 1.807) is 36.4 Å². The minimum atomic E-state index is -0.543. The molecule has 9 nitrogen and oxygen atoms in total. The maximum absolute atomic E-state index is 12.3. The van der Waals surface area contributed by atoms with Crippen LogP contribution in [0, 0.1) is 0 Å². The number of rotatable bonds is 7. The topological polar surface area (TPSA) is 144 Å². The second kappa shape index (κ2) is 12.7. The summed E-state index contributed by atoms with van der Waals surface area (Å²) in [5.41, 5.74) is 12.1. The Kier molecular flexibility index (Phi) is 9.67. The van der Waals surface area contributed by atoms with Crippen molar-refractivity contribution < 1.29 is 14.3 Å². The van der Waals surface area contributed by atoms with Crippen molar-refractivity contribution in [2.75, 3.05) is 6.61 Å². The molecule has 2 rings (SSSR count). The molecule has 0 bridgehead atoms. The largest absolute Gasteiger partial charge is 0.494 e. The Labute approximate surface area is 194 Å². The highest BCUT2D eigenvalue weighted by Gasteiger charge is 2.07. The molecule has 2 aromatic carbocycles. The monoisotopic (exact) mass is 498 g/mol. The van der Waals surface area contributed by atoms with Gasteiger partial charge in [-0.15, -0.1) is 10.2 Å². The zero-order valence-electron chi connectivity index (χ0n) is 17.3. The van der Waals surface area contributed by atoms with Crippen LogP contribution >= 0.6 is 15.9 Å². The van der Waals surface area contributed by atoms with Crippen LogP contribution in [0.1, 0.15) is 18.1 Å². The van der Waals surface area contributed by atoms with Crippen LogP contribution < -0.4 is 26.8 Å². The molecule has 0 saturated heterocycles. The molecule has 6 N–H and O–H groups in total. The van der Waals surface area contributed by atoms with Crippen molar-refractivity contribution in [2.45, 2.75) is 6.92 Å². The van der Waals surface area contributed by atoms with Gasteiger partial charge in [0.1, 0.15) is 5.75 Å². The SMILES string of the molecule is CCOc1ccc(C=CC(=O)NC(=NN=C(N)N)NC(=O)C=Cc2ccccc2Br)cc1. The van der Waals surface area contributed by atoms with E-state index in [1.807, 2.05) is 31.2 Å². The molecule has 2 amide bonds. The summed E-state index contributed by atoms with van der Waals surface area (Å²) in [6.07, 6.45) is 5.76. The smallest absolute Gasteiger partial charge is 0.250 e. The Morgan fingerprint density at radius 1 is 0.969 bits per heavy atom. The van der Waals surface area contributed by atoms with E-state index in [0.717, 1.165) is 21.3 Å². The van der Waals surface area contributed by atoms with E-state index in [4.69, 9.17) is 16.2 Å². The fourth-order valence-corrected chi connectivity index (χ4v) is 2.71. The van der Waals surface area contributed by atoms with Gasteiger partial charge in [-0.3, -0.25) is 20.2 Å². The maximum Gasteiger partial charge on any atom is 0.250 e. The first-order valence-electron chi connectivity index (χ1n) is 9.49. The van der Waals surface area contributed by atoms with Crippen molar-refractivity contribution in [3.05, 3.63) is 76.3 Å². The first-order valence-corrected chi connectivity index (χ1v) is 10.3. The van der Waals surface area contributed by atoms with E-state index < -0.39 is 11.8 Å². The van der Waals surface area contributed by atoms with Gasteiger partial charge in [0.2, 0.25) is 11.9 Å². The Bertz CT molecular complexity index is 1060. The highest BCUT2D eigenvalue weighted by molar-refractivity contribution is 9.10. The van der Waals surface area contributed by atoms with Crippen LogP contribution in [0.3, 0.4) is 0 Å². The fourth-order valence-electron chi connectivity index (χ4n) is 2.30. The van der Waals surface area contributed by atoms with Crippen LogP contribution in [0.2, 0.25) is 0 Å². The average molecular weight is 499 g/mol. The summed E-state index contributed by atoms with van der Waals surface area (Å²) in [5, 5.41) is 12.0. The molecule has 0 radical (unpaired) electrons. The Morgan fingerprint density at radius 2 is 1.59 bits per heavy atom. The third kappa shape index (κ3) is 8.84. The lowest BCUT2D eigenvalue weighted by Gasteiger charge is -2.06. The lowest BCUT2D eigenvalue weighted by molar-refractivity contribution is -0.115. The van der Waals surface area contributed by atoms with E-state index >= 15 is 0 Å². The number of amides is 2. The van der Waals surface area contributed by atoms with Gasteiger partial charge in [-0.05, 0) is 48.4 Å². The predicted octanol–water partition coefficient (Wildman–Crippen LogP) is 2.35. The van der Waals surface area contributed by atoms with E-state index in [-0.39, 0.29) is 11.9 Å². The fraction of sp³-hybridized carbons (Fsp3) is 0.0909. The van der Waals surface area contributed by atoms with Crippen molar-refractivity contribution >= 4 is 51.8 Å². The third-order valence-electron chi connectivity index (χ3n) is 3.69. The summed E-state index contributed by atoms with van der Waals surface area (Å²) < 4.78 is 6.20. The number of guanidine groups is 2. The number of nitrogens with one attached hydrogen (secondary N) is 2. The van der Waals surface area contributed by atoms with Crippen molar-refractivity contribution in [2.24, 2.45) is 21.7 Å². The third-order valence-corrected chi connectivity index (χ3v) is 4.41. The van der Waals surface area contributed by atoms with Crippen LogP contribution in [0.15, 0.2) is 75.4 Å². The van der Waals surface area contributed by atoms with Crippen molar-refractivity contribution in [3.8, 4) is 5.75 Å². The van der Waals surface area contributed by atoms with Crippen LogP contribution in [-0.4, -0.2) is 30.3 Å². The molecule has 0 aromatic heterocycles. The Hall–Kier alpha value is -3.92. The van der Waals surface area contributed by atoms with Crippen molar-refractivity contribution in [1.82, 2.24) is 10.6 Å². The second-order valence-electron chi connectivity index (χ2n) is 6.14. The van der Waals surface area contributed by atoms with Gasteiger partial charge in [0.15, 0.2) is 0 Å². The van der Waals surface area contributed by atoms with E-state index in [1.165, 1.54) is 12.2 Å². The average Bonchev–Trinajstić information content (AvgIpc) is 2.76. The number of hydrogen-bond donors (Lipinski definition) is 4. The van der Waals surface area contributed by atoms with E-state index in [0.29, 0.717) is 6.61 Å². The number of benzene rings is 2. The number of hydrogen-bond acceptors (Lipinski definition) is 5. The minimum absolute atomic E-state index is 0.235. The molecule has 0 unspecified atom stereocenters. The zero-order chi connectivity index (χ0) is 23.3. The van der Waals surface area contributed by atoms with Gasteiger partial charge in [-0.2, -0.15) is 0 Å². The molecule has 2 aromatic rings. The number of nitrogens with zero attached hydrogens (tertiary/aromatic N) is 2. The number of carbonyl (C=O) groups excluding carboxylic acids is 2. The van der Waals surface area contributed by atoms with Gasteiger partial charge in [-0.1, -0.05) is 46.3 Å². The van der Waals surface area contributed by atoms with Crippen molar-refractivity contribution in [1.29, 1.82) is 0 Å². The van der Waals surface area contributed by atoms with Crippen molar-refractivity contribution in [3.63, 3.8) is 0 Å². The van der Waals surface area contributed by atoms with Gasteiger partial charge < -0.3 is 16.2 Å². The molecule has 0 spiro atoms. The van der Waals surface area contributed by atoms with Crippen LogP contribution in [-0.2, 0) is 9.59 Å². The number of ether oxygens (including phenoxy) is 1. The molecule has 0 aliphatic rings. The molecule has 166 valence electrons. The van der Waals surface area contributed by atoms with Crippen LogP contribution in [0.4, 0.5) is 0 Å². The van der Waals surface area contributed by atoms with Crippen LogP contribution in [0.25, 0.3) is 12.2 Å². The van der Waals surface area contributed by atoms with Crippen LogP contribution in [0.5, 0.6) is 5.75 Å². The van der Waals surface area contributed by atoms with E-state index in [9.17, 15) is 9.59 Å². The highest BCUT2D eigenvalue weighted by atomic mass is 79.9. The second-order valence-corrected chi connectivity index (χ2v) is 7.00. The number of nitrogens with two attached hydrogens (primary N) is 2. The normalized spacial score (nSPS) is 11.4. The highest BCUT2D eigenvalue weighted by Crippen LogP contribution is 2.17. The first kappa shape index (κ1) is 24.4. The summed E-state index contributed by atoms with van der Waals surface area (Å²) in [7, 11) is 0. The Balaban J connectivity index is 2.04. The summed E-state index contributed by atoms with van der Waals surface area (Å²) in [4.78, 5) is 24.5. The van der Waals surface area contributed by atoms with Gasteiger partial charge in [0.25, 0.3) is 11.8 Å². The zero-order valence-corrected chi connectivity index (χ0v) is 18.9. The summed E-state index contributed by atoms with van der Waals surface area (Å²) in [6.45, 7) is 2.47. The summed E-state index contributed by atoms with van der Waals surface area (Å²) in [6, 6.07) is 14.6. The molecule has 0 fully saturated rings. The summed E-state index contributed by atoms with van der Waals surface area (Å²) in [5.74, 6) is -0.917. The quantitative estimate of drug-likeness (QED) is 0.200. The maximum atomic E-state index is 12.3. The van der Waals surface area contributed by atoms with Gasteiger partial charge in [0, 0.05) is 16.6 Å². The first-order chi connectivity index (χ1) is 15.4. The number of carbonyl (C=O) groups is 2. The molecular weight excluding hydrogens is 476 g/mol. The molecule has 0 atom stereocenters. The van der Waals surface area contributed by atoms with Gasteiger partial charge in [-0.25, -0.2) is 0 Å².